The van der Waals surface area contributed by atoms with E-state index in [4.69, 9.17) is 15.0 Å². The predicted molar refractivity (Wildman–Crippen MR) is 119 cm³/mol. The Morgan fingerprint density at radius 3 is 2.67 bits per heavy atom. The highest BCUT2D eigenvalue weighted by Crippen LogP contribution is 2.34. The molecular formula is C25H27N3O5. The van der Waals surface area contributed by atoms with E-state index in [9.17, 15) is 14.4 Å². The number of nitrogens with one attached hydrogen (secondary N) is 1. The van der Waals surface area contributed by atoms with Crippen LogP contribution >= 0.6 is 0 Å². The monoisotopic (exact) mass is 453 g/mol. The normalized spacial score (nSPS) is 29.9. The fourth-order valence-electron chi connectivity index (χ4n) is 4.18. The van der Waals surface area contributed by atoms with Gasteiger partial charge in [0.2, 0.25) is 11.8 Å². The van der Waals surface area contributed by atoms with Crippen molar-refractivity contribution in [1.82, 2.24) is 15.1 Å². The Kier molecular flexibility index (Phi) is 4.88. The van der Waals surface area contributed by atoms with E-state index in [0.717, 1.165) is 43.3 Å². The topological polar surface area (TPSA) is 88.2 Å². The first-order chi connectivity index (χ1) is 17.7. The van der Waals surface area contributed by atoms with Gasteiger partial charge in [0, 0.05) is 39.9 Å². The number of carbonyl (C=O) groups is 3. The Hall–Kier alpha value is -3.23. The lowest BCUT2D eigenvalue weighted by Crippen LogP contribution is -2.52. The number of morpholine rings is 1. The quantitative estimate of drug-likeness (QED) is 0.672. The number of ether oxygens (including phenoxy) is 2. The molecule has 0 aromatic heterocycles. The molecule has 0 saturated carbocycles. The van der Waals surface area contributed by atoms with Gasteiger partial charge in [-0.3, -0.25) is 24.6 Å². The van der Waals surface area contributed by atoms with Crippen LogP contribution < -0.4 is 10.0 Å². The van der Waals surface area contributed by atoms with E-state index in [1.165, 1.54) is 5.56 Å². The molecule has 0 spiro atoms. The summed E-state index contributed by atoms with van der Waals surface area (Å²) in [7, 11) is 0. The van der Waals surface area contributed by atoms with E-state index in [-0.39, 0.29) is 24.0 Å². The third kappa shape index (κ3) is 4.62. The summed E-state index contributed by atoms with van der Waals surface area (Å²) in [6, 6.07) is 10.3. The second-order valence-corrected chi connectivity index (χ2v) is 8.14. The Morgan fingerprint density at radius 2 is 1.88 bits per heavy atom. The Morgan fingerprint density at radius 1 is 1.12 bits per heavy atom. The summed E-state index contributed by atoms with van der Waals surface area (Å²) in [5.74, 6) is -2.78. The molecule has 5 rings (SSSR count). The van der Waals surface area contributed by atoms with Gasteiger partial charge in [0.1, 0.15) is 18.4 Å². The number of rotatable bonds is 6. The van der Waals surface area contributed by atoms with Crippen LogP contribution in [0.15, 0.2) is 42.5 Å². The highest BCUT2D eigenvalue weighted by atomic mass is 16.5. The lowest BCUT2D eigenvalue weighted by Gasteiger charge is -2.29. The summed E-state index contributed by atoms with van der Waals surface area (Å²) >= 11 is 0. The lowest BCUT2D eigenvalue weighted by atomic mass is 10.0. The molecule has 3 heterocycles. The summed E-state index contributed by atoms with van der Waals surface area (Å²) in [5, 5.41) is -0.0773. The maximum atomic E-state index is 13.2. The Labute approximate surface area is 198 Å². The zero-order valence-corrected chi connectivity index (χ0v) is 18.0. The molecule has 3 amide bonds. The Bertz CT molecular complexity index is 1220. The van der Waals surface area contributed by atoms with Gasteiger partial charge >= 0.3 is 0 Å². The van der Waals surface area contributed by atoms with Crippen molar-refractivity contribution in [1.29, 1.82) is 0 Å². The molecule has 2 fully saturated rings. The maximum absolute atomic E-state index is 13.2. The summed E-state index contributed by atoms with van der Waals surface area (Å²) in [6.07, 6.45) is -3.68. The van der Waals surface area contributed by atoms with Crippen LogP contribution in [0.3, 0.4) is 0 Å². The third-order valence-electron chi connectivity index (χ3n) is 5.96. The van der Waals surface area contributed by atoms with E-state index in [2.05, 4.69) is 4.90 Å². The summed E-state index contributed by atoms with van der Waals surface area (Å²) < 4.78 is 43.9. The van der Waals surface area contributed by atoms with Gasteiger partial charge in [0.05, 0.1) is 21.1 Å². The number of hydrogen-bond donors (Lipinski definition) is 1. The van der Waals surface area contributed by atoms with Gasteiger partial charge in [-0.05, 0) is 29.7 Å². The van der Waals surface area contributed by atoms with Crippen LogP contribution in [-0.2, 0) is 34.0 Å². The van der Waals surface area contributed by atoms with Crippen molar-refractivity contribution in [3.8, 4) is 5.75 Å². The smallest absolute Gasteiger partial charge is 0.255 e. The molecule has 33 heavy (non-hydrogen) atoms. The fraction of sp³-hybridized carbons (Fsp3) is 0.400. The summed E-state index contributed by atoms with van der Waals surface area (Å²) in [4.78, 5) is 41.1. The molecule has 172 valence electrons. The van der Waals surface area contributed by atoms with Crippen LogP contribution in [0.5, 0.6) is 5.75 Å². The number of carbonyl (C=O) groups excluding carboxylic acids is 3. The van der Waals surface area contributed by atoms with Crippen molar-refractivity contribution in [2.24, 2.45) is 0 Å². The molecule has 2 saturated heterocycles. The summed E-state index contributed by atoms with van der Waals surface area (Å²) in [6.45, 7) is 4.18. The van der Waals surface area contributed by atoms with Crippen LogP contribution in [0.4, 0.5) is 0 Å². The SMILES string of the molecule is [2H]C1C(=O)N([2H])C(=O)C([2H])(N2Cc3c(OCc4ccc(CN5CCOCC5)cc4)cccc3C2=O)C1[2H]. The minimum Gasteiger partial charge on any atom is -0.489 e. The number of amides is 3. The Balaban J connectivity index is 1.30. The number of piperidine rings is 1. The van der Waals surface area contributed by atoms with Gasteiger partial charge in [-0.2, -0.15) is 0 Å². The average Bonchev–Trinajstić information content (AvgIpc) is 3.27. The zero-order valence-electron chi connectivity index (χ0n) is 22.0. The lowest BCUT2D eigenvalue weighted by molar-refractivity contribution is -0.136. The average molecular weight is 454 g/mol. The molecular weight excluding hydrogens is 422 g/mol. The van der Waals surface area contributed by atoms with Crippen LogP contribution in [0.25, 0.3) is 0 Å². The second-order valence-electron chi connectivity index (χ2n) is 8.14. The first-order valence-corrected chi connectivity index (χ1v) is 10.9. The number of nitrogens with zero attached hydrogens (tertiary/aromatic N) is 2. The molecule has 8 heteroatoms. The third-order valence-corrected chi connectivity index (χ3v) is 5.96. The molecule has 1 N–H and O–H groups in total. The first kappa shape index (κ1) is 17.3. The van der Waals surface area contributed by atoms with Crippen LogP contribution in [0.1, 0.15) is 44.0 Å². The minimum absolute atomic E-state index is 0.0773. The molecule has 3 unspecified atom stereocenters. The molecule has 8 nitrogen and oxygen atoms in total. The van der Waals surface area contributed by atoms with Crippen LogP contribution in [-0.4, -0.2) is 59.8 Å². The van der Waals surface area contributed by atoms with Gasteiger partial charge in [-0.25, -0.2) is 0 Å². The molecule has 2 aromatic rings. The minimum atomic E-state index is -2.58. The van der Waals surface area contributed by atoms with Crippen molar-refractivity contribution in [3.05, 3.63) is 64.7 Å². The second kappa shape index (κ2) is 9.33. The standard InChI is InChI=1S/C25H27N3O5/c29-23-9-8-21(24(30)26-23)28-15-20-19(25(28)31)2-1-3-22(20)33-16-18-6-4-17(5-7-18)14-27-10-12-32-13-11-27/h1-7,21H,8-16H2,(H,26,29,30)/i8D,9D,21D/hD. The summed E-state index contributed by atoms with van der Waals surface area (Å²) in [5.41, 5.74) is 2.79. The molecule has 3 aliphatic heterocycles. The van der Waals surface area contributed by atoms with E-state index >= 15 is 0 Å². The van der Waals surface area contributed by atoms with Gasteiger partial charge in [0.15, 0.2) is 1.41 Å². The van der Waals surface area contributed by atoms with Crippen molar-refractivity contribution in [2.45, 2.75) is 38.5 Å². The van der Waals surface area contributed by atoms with E-state index < -0.39 is 36.5 Å². The first-order valence-electron chi connectivity index (χ1n) is 13.0. The molecule has 0 bridgehead atoms. The number of imide groups is 1. The molecule has 2 aromatic carbocycles. The maximum Gasteiger partial charge on any atom is 0.255 e. The van der Waals surface area contributed by atoms with Gasteiger partial charge in [-0.15, -0.1) is 0 Å². The van der Waals surface area contributed by atoms with Crippen molar-refractivity contribution in [2.75, 3.05) is 26.3 Å². The van der Waals surface area contributed by atoms with Crippen LogP contribution in [0, 0.1) is 0 Å². The number of fused-ring (bicyclic) bond motifs is 1. The van der Waals surface area contributed by atoms with Gasteiger partial charge in [0.25, 0.3) is 5.91 Å². The van der Waals surface area contributed by atoms with Crippen molar-refractivity contribution in [3.63, 3.8) is 0 Å². The highest BCUT2D eigenvalue weighted by molar-refractivity contribution is 6.05. The molecule has 0 aliphatic carbocycles. The largest absolute Gasteiger partial charge is 0.489 e. The van der Waals surface area contributed by atoms with Crippen LogP contribution in [0.2, 0.25) is 1.41 Å². The fourth-order valence-corrected chi connectivity index (χ4v) is 4.18. The van der Waals surface area contributed by atoms with E-state index in [0.29, 0.717) is 11.3 Å². The van der Waals surface area contributed by atoms with Gasteiger partial charge < -0.3 is 14.4 Å². The van der Waals surface area contributed by atoms with Crippen molar-refractivity contribution >= 4 is 17.7 Å². The molecule has 3 atom stereocenters. The molecule has 0 radical (unpaired) electrons. The van der Waals surface area contributed by atoms with E-state index in [1.54, 1.807) is 18.2 Å². The van der Waals surface area contributed by atoms with Crippen molar-refractivity contribution < 1.29 is 29.4 Å². The zero-order chi connectivity index (χ0) is 26.3. The molecule has 3 aliphatic rings. The highest BCUT2D eigenvalue weighted by Gasteiger charge is 2.40. The van der Waals surface area contributed by atoms with E-state index in [1.807, 2.05) is 24.3 Å². The number of benzene rings is 2. The number of hydrogen-bond acceptors (Lipinski definition) is 6. The predicted octanol–water partition coefficient (Wildman–Crippen LogP) is 1.86. The van der Waals surface area contributed by atoms with Gasteiger partial charge in [-0.1, -0.05) is 30.3 Å².